The van der Waals surface area contributed by atoms with Gasteiger partial charge >= 0.3 is 0 Å². The first kappa shape index (κ1) is 23.5. The summed E-state index contributed by atoms with van der Waals surface area (Å²) in [5.74, 6) is 0.402. The molecule has 0 spiro atoms. The SMILES string of the molecule is CCO[C@@H]1OC(C(=O)N(C)C2CCCCC2)=C[C@H](c2ccc(I)cc2)[C@H]1CCCO. The lowest BCUT2D eigenvalue weighted by atomic mass is 9.80. The summed E-state index contributed by atoms with van der Waals surface area (Å²) in [5.41, 5.74) is 1.15. The fourth-order valence-electron chi connectivity index (χ4n) is 4.63. The van der Waals surface area contributed by atoms with E-state index in [9.17, 15) is 9.90 Å². The molecule has 166 valence electrons. The molecule has 1 heterocycles. The van der Waals surface area contributed by atoms with Crippen LogP contribution in [-0.4, -0.2) is 48.5 Å². The second-order valence-electron chi connectivity index (χ2n) is 8.29. The third-order valence-corrected chi connectivity index (χ3v) is 7.04. The summed E-state index contributed by atoms with van der Waals surface area (Å²) in [7, 11) is 1.90. The molecule has 1 aromatic rings. The van der Waals surface area contributed by atoms with E-state index < -0.39 is 6.29 Å². The largest absolute Gasteiger partial charge is 0.459 e. The van der Waals surface area contributed by atoms with Gasteiger partial charge < -0.3 is 19.5 Å². The van der Waals surface area contributed by atoms with Crippen LogP contribution in [0.2, 0.25) is 0 Å². The number of carbonyl (C=O) groups excluding carboxylic acids is 1. The zero-order valence-corrected chi connectivity index (χ0v) is 20.2. The van der Waals surface area contributed by atoms with Gasteiger partial charge in [-0.2, -0.15) is 0 Å². The number of benzene rings is 1. The summed E-state index contributed by atoms with van der Waals surface area (Å²) in [5, 5.41) is 9.40. The highest BCUT2D eigenvalue weighted by Gasteiger charge is 2.39. The molecule has 5 nitrogen and oxygen atoms in total. The highest BCUT2D eigenvalue weighted by molar-refractivity contribution is 14.1. The first-order valence-corrected chi connectivity index (χ1v) is 12.3. The third-order valence-electron chi connectivity index (χ3n) is 6.32. The average Bonchev–Trinajstić information content (AvgIpc) is 2.78. The van der Waals surface area contributed by atoms with Gasteiger partial charge in [-0.3, -0.25) is 4.79 Å². The van der Waals surface area contributed by atoms with E-state index in [-0.39, 0.29) is 30.4 Å². The quantitative estimate of drug-likeness (QED) is 0.492. The van der Waals surface area contributed by atoms with Crippen molar-refractivity contribution >= 4 is 28.5 Å². The maximum absolute atomic E-state index is 13.3. The van der Waals surface area contributed by atoms with Crippen molar-refractivity contribution in [1.82, 2.24) is 4.90 Å². The molecule has 3 rings (SSSR count). The Morgan fingerprint density at radius 2 is 1.93 bits per heavy atom. The average molecular weight is 527 g/mol. The second kappa shape index (κ2) is 11.5. The van der Waals surface area contributed by atoms with Crippen molar-refractivity contribution in [2.24, 2.45) is 5.92 Å². The van der Waals surface area contributed by atoms with Gasteiger partial charge in [0.1, 0.15) is 0 Å². The molecule has 1 aliphatic carbocycles. The van der Waals surface area contributed by atoms with Gasteiger partial charge in [-0.05, 0) is 79.0 Å². The Hall–Kier alpha value is -1.12. The van der Waals surface area contributed by atoms with E-state index in [1.807, 2.05) is 24.9 Å². The van der Waals surface area contributed by atoms with Crippen LogP contribution in [-0.2, 0) is 14.3 Å². The minimum absolute atomic E-state index is 0.0116. The van der Waals surface area contributed by atoms with Crippen molar-refractivity contribution in [3.63, 3.8) is 0 Å². The van der Waals surface area contributed by atoms with Gasteiger partial charge in [-0.15, -0.1) is 0 Å². The van der Waals surface area contributed by atoms with Crippen LogP contribution < -0.4 is 0 Å². The summed E-state index contributed by atoms with van der Waals surface area (Å²) in [6, 6.07) is 8.71. The molecule has 1 amide bonds. The lowest BCUT2D eigenvalue weighted by Gasteiger charge is -2.39. The molecule has 0 aromatic heterocycles. The molecule has 2 aliphatic rings. The van der Waals surface area contributed by atoms with Crippen molar-refractivity contribution in [3.05, 3.63) is 45.2 Å². The summed E-state index contributed by atoms with van der Waals surface area (Å²) < 4.78 is 13.3. The number of aliphatic hydroxyl groups is 1. The molecule has 1 saturated carbocycles. The van der Waals surface area contributed by atoms with Crippen molar-refractivity contribution < 1.29 is 19.4 Å². The number of ether oxygens (including phenoxy) is 2. The first-order chi connectivity index (χ1) is 14.5. The minimum atomic E-state index is -0.491. The van der Waals surface area contributed by atoms with Gasteiger partial charge in [0.2, 0.25) is 6.29 Å². The predicted molar refractivity (Wildman–Crippen MR) is 126 cm³/mol. The van der Waals surface area contributed by atoms with Crippen LogP contribution in [0.25, 0.3) is 0 Å². The van der Waals surface area contributed by atoms with E-state index in [1.165, 1.54) is 22.8 Å². The molecular formula is C24H34INO4. The number of hydrogen-bond acceptors (Lipinski definition) is 4. The number of hydrogen-bond donors (Lipinski definition) is 1. The van der Waals surface area contributed by atoms with E-state index in [4.69, 9.17) is 9.47 Å². The van der Waals surface area contributed by atoms with E-state index >= 15 is 0 Å². The molecule has 3 atom stereocenters. The summed E-state index contributed by atoms with van der Waals surface area (Å²) in [4.78, 5) is 15.2. The molecule has 1 N–H and O–H groups in total. The van der Waals surface area contributed by atoms with Gasteiger partial charge in [-0.1, -0.05) is 31.4 Å². The summed E-state index contributed by atoms with van der Waals surface area (Å²) in [6.07, 6.45) is 8.68. The molecule has 1 fully saturated rings. The lowest BCUT2D eigenvalue weighted by molar-refractivity contribution is -0.170. The topological polar surface area (TPSA) is 59.0 Å². The highest BCUT2D eigenvalue weighted by Crippen LogP contribution is 2.40. The minimum Gasteiger partial charge on any atom is -0.459 e. The number of carbonyl (C=O) groups is 1. The van der Waals surface area contributed by atoms with Gasteiger partial charge in [0.15, 0.2) is 5.76 Å². The summed E-state index contributed by atoms with van der Waals surface area (Å²) in [6.45, 7) is 2.59. The number of allylic oxidation sites excluding steroid dienone is 1. The standard InChI is InChI=1S/C24H34INO4/c1-3-29-24-20(10-7-15-27)21(17-11-13-18(25)14-12-17)16-22(30-24)23(28)26(2)19-8-5-4-6-9-19/h11-14,16,19-21,24,27H,3-10,15H2,1-2H3/t20-,21-,24-/m1/s1. The fourth-order valence-corrected chi connectivity index (χ4v) is 4.99. The van der Waals surface area contributed by atoms with Crippen LogP contribution in [0.5, 0.6) is 0 Å². The molecule has 0 bridgehead atoms. The van der Waals surface area contributed by atoms with Crippen LogP contribution in [0.15, 0.2) is 36.1 Å². The maximum atomic E-state index is 13.3. The van der Waals surface area contributed by atoms with Crippen LogP contribution in [0.3, 0.4) is 0 Å². The number of rotatable bonds is 8. The van der Waals surface area contributed by atoms with Gasteiger partial charge in [-0.25, -0.2) is 0 Å². The molecule has 6 heteroatoms. The Kier molecular flexibility index (Phi) is 9.01. The van der Waals surface area contributed by atoms with Gasteiger partial charge in [0.25, 0.3) is 5.91 Å². The molecule has 1 aliphatic heterocycles. The van der Waals surface area contributed by atoms with E-state index in [0.29, 0.717) is 18.8 Å². The molecule has 1 aromatic carbocycles. The lowest BCUT2D eigenvalue weighted by Crippen LogP contribution is -2.43. The zero-order valence-electron chi connectivity index (χ0n) is 18.1. The number of aliphatic hydroxyl groups excluding tert-OH is 1. The van der Waals surface area contributed by atoms with E-state index in [0.717, 1.165) is 24.8 Å². The van der Waals surface area contributed by atoms with E-state index in [2.05, 4.69) is 46.9 Å². The molecular weight excluding hydrogens is 493 g/mol. The first-order valence-electron chi connectivity index (χ1n) is 11.2. The Balaban J connectivity index is 1.90. The van der Waals surface area contributed by atoms with Gasteiger partial charge in [0.05, 0.1) is 0 Å². The number of amides is 1. The normalized spacial score (nSPS) is 24.8. The number of halogens is 1. The van der Waals surface area contributed by atoms with Crippen LogP contribution >= 0.6 is 22.6 Å². The molecule has 0 unspecified atom stereocenters. The number of nitrogens with zero attached hydrogens (tertiary/aromatic N) is 1. The van der Waals surface area contributed by atoms with Crippen LogP contribution in [0.1, 0.15) is 63.4 Å². The number of likely N-dealkylation sites (N-methyl/N-ethyl adjacent to an activating group) is 1. The second-order valence-corrected chi connectivity index (χ2v) is 9.53. The Morgan fingerprint density at radius 1 is 1.23 bits per heavy atom. The Labute approximate surface area is 194 Å². The van der Waals surface area contributed by atoms with Crippen molar-refractivity contribution in [2.75, 3.05) is 20.3 Å². The van der Waals surface area contributed by atoms with Crippen molar-refractivity contribution in [1.29, 1.82) is 0 Å². The molecule has 30 heavy (non-hydrogen) atoms. The fraction of sp³-hybridized carbons (Fsp3) is 0.625. The Morgan fingerprint density at radius 3 is 2.57 bits per heavy atom. The molecule has 0 saturated heterocycles. The van der Waals surface area contributed by atoms with Crippen LogP contribution in [0, 0.1) is 9.49 Å². The van der Waals surface area contributed by atoms with E-state index in [1.54, 1.807) is 0 Å². The maximum Gasteiger partial charge on any atom is 0.288 e. The summed E-state index contributed by atoms with van der Waals surface area (Å²) >= 11 is 2.30. The van der Waals surface area contributed by atoms with Crippen molar-refractivity contribution in [2.45, 2.75) is 70.1 Å². The third kappa shape index (κ3) is 5.77. The molecule has 0 radical (unpaired) electrons. The zero-order chi connectivity index (χ0) is 21.5. The van der Waals surface area contributed by atoms with Crippen molar-refractivity contribution in [3.8, 4) is 0 Å². The Bertz CT molecular complexity index is 714. The monoisotopic (exact) mass is 527 g/mol. The highest BCUT2D eigenvalue weighted by atomic mass is 127. The van der Waals surface area contributed by atoms with Gasteiger partial charge in [0, 0.05) is 41.7 Å². The predicted octanol–water partition coefficient (Wildman–Crippen LogP) is 4.83. The van der Waals surface area contributed by atoms with Crippen LogP contribution in [0.4, 0.5) is 0 Å². The smallest absolute Gasteiger partial charge is 0.288 e.